The van der Waals surface area contributed by atoms with Gasteiger partial charge in [-0.15, -0.1) is 0 Å². The molecule has 8 heteroatoms. The Bertz CT molecular complexity index is 851. The van der Waals surface area contributed by atoms with Crippen LogP contribution in [0.1, 0.15) is 5.56 Å². The van der Waals surface area contributed by atoms with Crippen LogP contribution in [0.2, 0.25) is 0 Å². The van der Waals surface area contributed by atoms with E-state index in [4.69, 9.17) is 0 Å². The van der Waals surface area contributed by atoms with Crippen LogP contribution in [0.4, 0.5) is 16.2 Å². The molecule has 0 spiro atoms. The number of amides is 2. The van der Waals surface area contributed by atoms with E-state index in [0.717, 1.165) is 10.2 Å². The second kappa shape index (κ2) is 6.21. The molecule has 0 unspecified atom stereocenters. The van der Waals surface area contributed by atoms with Crippen molar-refractivity contribution in [3.8, 4) is 0 Å². The first-order valence-corrected chi connectivity index (χ1v) is 9.18. The van der Waals surface area contributed by atoms with Crippen LogP contribution in [0.15, 0.2) is 51.8 Å². The van der Waals surface area contributed by atoms with E-state index in [9.17, 15) is 13.2 Å². The summed E-state index contributed by atoms with van der Waals surface area (Å²) >= 11 is 3.29. The molecule has 1 aliphatic rings. The predicted octanol–water partition coefficient (Wildman–Crippen LogP) is 2.93. The fraction of sp³-hybridized carbons (Fsp3) is 0.133. The SMILES string of the molecule is O=C(Nc1ccc(Br)cc1)NS(=O)(=O)c1cccc2c1CCN2. The van der Waals surface area contributed by atoms with Crippen LogP contribution in [0.25, 0.3) is 0 Å². The van der Waals surface area contributed by atoms with Gasteiger partial charge < -0.3 is 10.6 Å². The Morgan fingerprint density at radius 3 is 2.61 bits per heavy atom. The number of urea groups is 1. The molecule has 0 bridgehead atoms. The van der Waals surface area contributed by atoms with Gasteiger partial charge in [0.1, 0.15) is 0 Å². The molecule has 2 aromatic rings. The zero-order valence-corrected chi connectivity index (χ0v) is 14.4. The first-order valence-electron chi connectivity index (χ1n) is 6.91. The lowest BCUT2D eigenvalue weighted by atomic mass is 10.2. The van der Waals surface area contributed by atoms with Crippen LogP contribution in [0, 0.1) is 0 Å². The molecule has 6 nitrogen and oxygen atoms in total. The molecule has 1 heterocycles. The topological polar surface area (TPSA) is 87.3 Å². The van der Waals surface area contributed by atoms with Gasteiger partial charge in [-0.2, -0.15) is 0 Å². The van der Waals surface area contributed by atoms with Crippen molar-refractivity contribution in [3.05, 3.63) is 52.5 Å². The van der Waals surface area contributed by atoms with Crippen LogP contribution >= 0.6 is 15.9 Å². The third-order valence-corrected chi connectivity index (χ3v) is 5.39. The summed E-state index contributed by atoms with van der Waals surface area (Å²) in [6.45, 7) is 0.687. The lowest BCUT2D eigenvalue weighted by molar-refractivity contribution is 0.256. The molecule has 0 aliphatic carbocycles. The standard InChI is InChI=1S/C15H14BrN3O3S/c16-10-4-6-11(7-5-10)18-15(20)19-23(21,22)14-3-1-2-13-12(14)8-9-17-13/h1-7,17H,8-9H2,(H2,18,19,20). The number of hydrogen-bond donors (Lipinski definition) is 3. The third kappa shape index (κ3) is 3.48. The number of halogens is 1. The fourth-order valence-electron chi connectivity index (χ4n) is 2.43. The van der Waals surface area contributed by atoms with Gasteiger partial charge in [-0.25, -0.2) is 17.9 Å². The molecule has 0 saturated heterocycles. The summed E-state index contributed by atoms with van der Waals surface area (Å²) in [6, 6.07) is 11.0. The van der Waals surface area contributed by atoms with Crippen LogP contribution in [0.3, 0.4) is 0 Å². The summed E-state index contributed by atoms with van der Waals surface area (Å²) in [5.74, 6) is 0. The minimum atomic E-state index is -3.92. The zero-order valence-electron chi connectivity index (χ0n) is 12.0. The maximum atomic E-state index is 12.4. The zero-order chi connectivity index (χ0) is 16.4. The highest BCUT2D eigenvalue weighted by Gasteiger charge is 2.25. The molecule has 1 aliphatic heterocycles. The van der Waals surface area contributed by atoms with Gasteiger partial charge in [0.2, 0.25) is 0 Å². The third-order valence-electron chi connectivity index (χ3n) is 3.44. The Labute approximate surface area is 142 Å². The van der Waals surface area contributed by atoms with E-state index in [1.54, 1.807) is 30.3 Å². The van der Waals surface area contributed by atoms with Crippen molar-refractivity contribution in [2.75, 3.05) is 17.2 Å². The van der Waals surface area contributed by atoms with Crippen molar-refractivity contribution in [1.82, 2.24) is 4.72 Å². The Balaban J connectivity index is 1.77. The van der Waals surface area contributed by atoms with Gasteiger partial charge in [-0.05, 0) is 48.4 Å². The minimum Gasteiger partial charge on any atom is -0.384 e. The molecule has 0 radical (unpaired) electrons. The summed E-state index contributed by atoms with van der Waals surface area (Å²) < 4.78 is 27.8. The summed E-state index contributed by atoms with van der Waals surface area (Å²) in [7, 11) is -3.92. The van der Waals surface area contributed by atoms with E-state index in [1.165, 1.54) is 6.07 Å². The summed E-state index contributed by atoms with van der Waals surface area (Å²) in [6.07, 6.45) is 0.612. The van der Waals surface area contributed by atoms with Crippen LogP contribution < -0.4 is 15.4 Å². The molecule has 120 valence electrons. The Morgan fingerprint density at radius 1 is 1.13 bits per heavy atom. The second-order valence-corrected chi connectivity index (χ2v) is 7.59. The van der Waals surface area contributed by atoms with Crippen molar-refractivity contribution in [2.24, 2.45) is 0 Å². The van der Waals surface area contributed by atoms with Crippen molar-refractivity contribution in [2.45, 2.75) is 11.3 Å². The molecule has 0 fully saturated rings. The normalized spacial score (nSPS) is 13.1. The van der Waals surface area contributed by atoms with Gasteiger partial charge >= 0.3 is 6.03 Å². The smallest absolute Gasteiger partial charge is 0.333 e. The monoisotopic (exact) mass is 395 g/mol. The number of nitrogens with one attached hydrogen (secondary N) is 3. The molecule has 0 atom stereocenters. The van der Waals surface area contributed by atoms with Crippen molar-refractivity contribution < 1.29 is 13.2 Å². The molecule has 2 amide bonds. The Morgan fingerprint density at radius 2 is 1.87 bits per heavy atom. The number of hydrogen-bond acceptors (Lipinski definition) is 4. The van der Waals surface area contributed by atoms with E-state index in [0.29, 0.717) is 24.2 Å². The van der Waals surface area contributed by atoms with Gasteiger partial charge in [-0.1, -0.05) is 22.0 Å². The number of sulfonamides is 1. The van der Waals surface area contributed by atoms with Crippen molar-refractivity contribution in [3.63, 3.8) is 0 Å². The number of fused-ring (bicyclic) bond motifs is 1. The van der Waals surface area contributed by atoms with Gasteiger partial charge in [-0.3, -0.25) is 0 Å². The summed E-state index contributed by atoms with van der Waals surface area (Å²) in [5.41, 5.74) is 2.00. The summed E-state index contributed by atoms with van der Waals surface area (Å²) in [5, 5.41) is 5.61. The summed E-state index contributed by atoms with van der Waals surface area (Å²) in [4.78, 5) is 12.1. The number of benzene rings is 2. The Hall–Kier alpha value is -2.06. The first-order chi connectivity index (χ1) is 11.0. The quantitative estimate of drug-likeness (QED) is 0.745. The van der Waals surface area contributed by atoms with E-state index in [2.05, 4.69) is 26.6 Å². The van der Waals surface area contributed by atoms with E-state index >= 15 is 0 Å². The molecule has 3 N–H and O–H groups in total. The van der Waals surface area contributed by atoms with Gasteiger partial charge in [0.05, 0.1) is 4.90 Å². The average molecular weight is 396 g/mol. The largest absolute Gasteiger partial charge is 0.384 e. The van der Waals surface area contributed by atoms with Gasteiger partial charge in [0.15, 0.2) is 0 Å². The highest BCUT2D eigenvalue weighted by atomic mass is 79.9. The molecule has 2 aromatic carbocycles. The van der Waals surface area contributed by atoms with Crippen LogP contribution in [0.5, 0.6) is 0 Å². The fourth-order valence-corrected chi connectivity index (χ4v) is 3.89. The molecular weight excluding hydrogens is 382 g/mol. The van der Waals surface area contributed by atoms with Crippen LogP contribution in [-0.4, -0.2) is 21.0 Å². The first kappa shape index (κ1) is 15.8. The number of rotatable bonds is 3. The molecule has 3 rings (SSSR count). The Kier molecular flexibility index (Phi) is 4.27. The molecule has 23 heavy (non-hydrogen) atoms. The second-order valence-electron chi connectivity index (χ2n) is 5.03. The highest BCUT2D eigenvalue weighted by molar-refractivity contribution is 9.10. The highest BCUT2D eigenvalue weighted by Crippen LogP contribution is 2.28. The van der Waals surface area contributed by atoms with Gasteiger partial charge in [0, 0.05) is 22.4 Å². The molecule has 0 saturated carbocycles. The predicted molar refractivity (Wildman–Crippen MR) is 92.1 cm³/mol. The number of carbonyl (C=O) groups excluding carboxylic acids is 1. The van der Waals surface area contributed by atoms with Crippen LogP contribution in [-0.2, 0) is 16.4 Å². The number of anilines is 2. The van der Waals surface area contributed by atoms with Gasteiger partial charge in [0.25, 0.3) is 10.0 Å². The lowest BCUT2D eigenvalue weighted by Gasteiger charge is -2.11. The maximum absolute atomic E-state index is 12.4. The van der Waals surface area contributed by atoms with Crippen molar-refractivity contribution in [1.29, 1.82) is 0 Å². The van der Waals surface area contributed by atoms with E-state index < -0.39 is 16.1 Å². The average Bonchev–Trinajstić information content (AvgIpc) is 2.97. The lowest BCUT2D eigenvalue weighted by Crippen LogP contribution is -2.34. The number of carbonyl (C=O) groups is 1. The minimum absolute atomic E-state index is 0.131. The van der Waals surface area contributed by atoms with E-state index in [1.807, 2.05) is 10.8 Å². The molecule has 0 aromatic heterocycles. The van der Waals surface area contributed by atoms with Crippen molar-refractivity contribution >= 4 is 43.4 Å². The molecular formula is C15H14BrN3O3S. The maximum Gasteiger partial charge on any atom is 0.333 e. The van der Waals surface area contributed by atoms with E-state index in [-0.39, 0.29) is 4.90 Å².